The Bertz CT molecular complexity index is 221. The van der Waals surface area contributed by atoms with Crippen LogP contribution >= 0.6 is 0 Å². The van der Waals surface area contributed by atoms with E-state index in [0.717, 1.165) is 0 Å². The minimum atomic E-state index is -3.63. The molecule has 128 valence electrons. The normalized spacial score (nSPS) is 4.80. The summed E-state index contributed by atoms with van der Waals surface area (Å²) in [6.07, 6.45) is 0. The number of hydrogen-bond donors (Lipinski definition) is 0. The van der Waals surface area contributed by atoms with Crippen LogP contribution in [0.2, 0.25) is 0 Å². The summed E-state index contributed by atoms with van der Waals surface area (Å²) in [5, 5.41) is 0. The van der Waals surface area contributed by atoms with Crippen LogP contribution in [0.5, 0.6) is 0 Å². The fourth-order valence-corrected chi connectivity index (χ4v) is 0. The zero-order valence-electron chi connectivity index (χ0n) is 11.7. The summed E-state index contributed by atoms with van der Waals surface area (Å²) in [6.45, 7) is 0. The van der Waals surface area contributed by atoms with Crippen LogP contribution in [-0.2, 0) is 22.3 Å². The first-order valence-electron chi connectivity index (χ1n) is 3.06. The van der Waals surface area contributed by atoms with Crippen molar-refractivity contribution in [3.8, 4) is 0 Å². The quantitative estimate of drug-likeness (QED) is 0.278. The Balaban J connectivity index is -0.0000000134. The zero-order chi connectivity index (χ0) is 17.9. The molecular formula is H2Al2Mg2O16Si5. The van der Waals surface area contributed by atoms with Crippen LogP contribution in [0.3, 0.4) is 0 Å². The molecule has 0 radical (unpaired) electrons. The minimum Gasteiger partial charge on any atom is -0.672 e. The van der Waals surface area contributed by atoms with Crippen LogP contribution in [0.25, 0.3) is 0 Å². The van der Waals surface area contributed by atoms with Gasteiger partial charge in [-0.15, -0.1) is 0 Å². The molecule has 0 saturated heterocycles. The average molecular weight is 501 g/mol. The van der Waals surface area contributed by atoms with E-state index in [4.69, 9.17) is 70.3 Å². The predicted molar refractivity (Wildman–Crippen MR) is 58.8 cm³/mol. The van der Waals surface area contributed by atoms with Gasteiger partial charge in [-0.25, -0.2) is 0 Å². The molecule has 0 spiro atoms. The smallest absolute Gasteiger partial charge is 0.672 e. The van der Waals surface area contributed by atoms with Crippen molar-refractivity contribution in [3.05, 3.63) is 0 Å². The standard InChI is InChI=1S/2Al.2Mg.5O3Si.H2O/c;;;;5*1-4(2)3;/h;;;;;;;;;1H2/q2*+3;2*+2;5*-2;. The van der Waals surface area contributed by atoms with Crippen LogP contribution in [0, 0.1) is 0 Å². The molecule has 0 aromatic heterocycles. The Kier molecular flexibility index (Phi) is 143. The fraction of sp³-hybridized carbons (Fsp3) is 0. The van der Waals surface area contributed by atoms with Gasteiger partial charge in [0.05, 0.1) is 0 Å². The van der Waals surface area contributed by atoms with Crippen molar-refractivity contribution in [1.82, 2.24) is 0 Å². The molecule has 0 aliphatic heterocycles. The van der Waals surface area contributed by atoms with E-state index < -0.39 is 45.9 Å². The second kappa shape index (κ2) is 56.3. The Hall–Kier alpha value is 0.642. The molecule has 0 amide bonds. The van der Waals surface area contributed by atoms with Gasteiger partial charge in [0.15, 0.2) is 0 Å². The molecule has 16 nitrogen and oxygen atoms in total. The van der Waals surface area contributed by atoms with E-state index >= 15 is 0 Å². The molecule has 0 saturated carbocycles. The molecule has 0 aliphatic carbocycles. The van der Waals surface area contributed by atoms with Gasteiger partial charge in [0, 0.05) is 45.9 Å². The van der Waals surface area contributed by atoms with Crippen molar-refractivity contribution < 1.29 is 75.7 Å². The van der Waals surface area contributed by atoms with Gasteiger partial charge in [-0.3, -0.25) is 0 Å². The summed E-state index contributed by atoms with van der Waals surface area (Å²) >= 11 is 0. The minimum absolute atomic E-state index is 0. The Morgan fingerprint density at radius 2 is 0.360 bits per heavy atom. The Morgan fingerprint density at radius 3 is 0.360 bits per heavy atom. The maximum atomic E-state index is 8.52. The summed E-state index contributed by atoms with van der Waals surface area (Å²) in [7, 11) is -18.1. The molecule has 0 heterocycles. The van der Waals surface area contributed by atoms with Crippen LogP contribution in [0.15, 0.2) is 0 Å². The molecule has 0 atom stereocenters. The molecule has 25 heteroatoms. The zero-order valence-corrected chi connectivity index (χ0v) is 21.8. The van der Waals surface area contributed by atoms with E-state index in [0.29, 0.717) is 0 Å². The molecule has 0 fully saturated rings. The van der Waals surface area contributed by atoms with Gasteiger partial charge >= 0.3 is 80.8 Å². The topological polar surface area (TPSA) is 347 Å². The van der Waals surface area contributed by atoms with E-state index in [1.54, 1.807) is 0 Å². The summed E-state index contributed by atoms with van der Waals surface area (Å²) in [5.41, 5.74) is 0. The Labute approximate surface area is 200 Å². The van der Waals surface area contributed by atoms with Gasteiger partial charge in [0.2, 0.25) is 0 Å². The van der Waals surface area contributed by atoms with Gasteiger partial charge in [0.1, 0.15) is 0 Å². The van der Waals surface area contributed by atoms with E-state index in [1.165, 1.54) is 0 Å². The predicted octanol–water partition coefficient (Wildman–Crippen LogP) is -16.7. The summed E-state index contributed by atoms with van der Waals surface area (Å²) in [5.74, 6) is 0. The summed E-state index contributed by atoms with van der Waals surface area (Å²) < 4.78 is 42.6. The fourth-order valence-electron chi connectivity index (χ4n) is 0. The van der Waals surface area contributed by atoms with Crippen molar-refractivity contribution in [2.45, 2.75) is 0 Å². The molecule has 0 bridgehead atoms. The SMILES string of the molecule is O.O=[Si]([O-])[O-].O=[Si]([O-])[O-].O=[Si]([O-])[O-].O=[Si]([O-])[O-].O=[Si]([O-])[O-].[Al+3].[Al+3].[Mg+2].[Mg+2]. The summed E-state index contributed by atoms with van der Waals surface area (Å²) in [6, 6.07) is 0. The van der Waals surface area contributed by atoms with Crippen molar-refractivity contribution in [2.24, 2.45) is 0 Å². The largest absolute Gasteiger partial charge is 3.00 e. The molecule has 2 N–H and O–H groups in total. The molecule has 0 unspecified atom stereocenters. The van der Waals surface area contributed by atoms with Crippen molar-refractivity contribution in [2.75, 3.05) is 0 Å². The van der Waals surface area contributed by atoms with Crippen LogP contribution in [0.1, 0.15) is 0 Å². The van der Waals surface area contributed by atoms with E-state index in [-0.39, 0.29) is 86.3 Å². The van der Waals surface area contributed by atoms with E-state index in [9.17, 15) is 0 Å². The second-order valence-corrected chi connectivity index (χ2v) is 3.75. The molecule has 0 rings (SSSR count). The molecule has 0 aromatic carbocycles. The van der Waals surface area contributed by atoms with Crippen LogP contribution in [0.4, 0.5) is 0 Å². The Morgan fingerprint density at radius 1 is 0.360 bits per heavy atom. The maximum Gasteiger partial charge on any atom is 3.00 e. The third kappa shape index (κ3) is 30700. The van der Waals surface area contributed by atoms with Crippen LogP contribution in [-0.4, -0.2) is 132 Å². The van der Waals surface area contributed by atoms with Gasteiger partial charge in [0.25, 0.3) is 0 Å². The second-order valence-electron chi connectivity index (χ2n) is 1.25. The molecule has 0 aliphatic rings. The monoisotopic (exact) mass is 500 g/mol. The van der Waals surface area contributed by atoms with Crippen molar-refractivity contribution >= 4 is 127 Å². The first-order valence-corrected chi connectivity index (χ1v) is 9.19. The van der Waals surface area contributed by atoms with Gasteiger partial charge in [-0.1, -0.05) is 0 Å². The molecule has 25 heavy (non-hydrogen) atoms. The van der Waals surface area contributed by atoms with Crippen molar-refractivity contribution in [1.29, 1.82) is 0 Å². The van der Waals surface area contributed by atoms with Gasteiger partial charge in [-0.05, 0) is 0 Å². The van der Waals surface area contributed by atoms with Crippen molar-refractivity contribution in [3.63, 3.8) is 0 Å². The van der Waals surface area contributed by atoms with E-state index in [1.807, 2.05) is 0 Å². The summed E-state index contributed by atoms with van der Waals surface area (Å²) in [4.78, 5) is 85.2. The van der Waals surface area contributed by atoms with Gasteiger partial charge in [-0.2, -0.15) is 0 Å². The van der Waals surface area contributed by atoms with E-state index in [2.05, 4.69) is 0 Å². The molecule has 0 aromatic rings. The number of rotatable bonds is 0. The maximum absolute atomic E-state index is 8.52. The van der Waals surface area contributed by atoms with Crippen LogP contribution < -0.4 is 48.0 Å². The third-order valence-electron chi connectivity index (χ3n) is 0. The first-order chi connectivity index (χ1) is 8.66. The van der Waals surface area contributed by atoms with Gasteiger partial charge < -0.3 is 75.7 Å². The average Bonchev–Trinajstić information content (AvgIpc) is 1.94. The molecular weight excluding hydrogens is 499 g/mol. The number of hydrogen-bond acceptors (Lipinski definition) is 15. The first kappa shape index (κ1) is 63.6. The third-order valence-corrected chi connectivity index (χ3v) is 0.